The fourth-order valence-electron chi connectivity index (χ4n) is 4.65. The molecule has 0 amide bonds. The van der Waals surface area contributed by atoms with Crippen molar-refractivity contribution in [1.82, 2.24) is 0 Å². The van der Waals surface area contributed by atoms with Crippen LogP contribution < -0.4 is 0 Å². The quantitative estimate of drug-likeness (QED) is 0.636. The molecule has 0 fully saturated rings. The van der Waals surface area contributed by atoms with Gasteiger partial charge in [-0.25, -0.2) is 0 Å². The number of benzene rings is 1. The maximum absolute atomic E-state index is 2.47. The molecule has 0 nitrogen and oxygen atoms in total. The Morgan fingerprint density at radius 3 is 2.36 bits per heavy atom. The standard InChI is InChI=1S/C22H24/c1-21(17-9-4-3-5-10-17)15-16-22(2,18-11-6-7-12-18)20-14-8-13-19(20)21/h3-11,13H,12,14-16H2,1-2H3. The number of hydrogen-bond acceptors (Lipinski definition) is 0. The van der Waals surface area contributed by atoms with Crippen molar-refractivity contribution in [2.24, 2.45) is 5.41 Å². The average molecular weight is 288 g/mol. The van der Waals surface area contributed by atoms with Crippen LogP contribution in [-0.2, 0) is 5.41 Å². The van der Waals surface area contributed by atoms with E-state index in [0.29, 0.717) is 0 Å². The number of hydrogen-bond donors (Lipinski definition) is 0. The van der Waals surface area contributed by atoms with Gasteiger partial charge in [0.15, 0.2) is 0 Å². The zero-order valence-electron chi connectivity index (χ0n) is 13.6. The number of rotatable bonds is 2. The molecule has 0 saturated heterocycles. The fraction of sp³-hybridized carbons (Fsp3) is 0.364. The molecule has 0 spiro atoms. The van der Waals surface area contributed by atoms with Crippen molar-refractivity contribution in [3.8, 4) is 0 Å². The molecular weight excluding hydrogens is 264 g/mol. The summed E-state index contributed by atoms with van der Waals surface area (Å²) in [5, 5.41) is 0. The first-order valence-corrected chi connectivity index (χ1v) is 8.47. The van der Waals surface area contributed by atoms with Gasteiger partial charge in [0.1, 0.15) is 0 Å². The minimum atomic E-state index is 0.176. The van der Waals surface area contributed by atoms with Crippen LogP contribution in [-0.4, -0.2) is 0 Å². The molecule has 3 aliphatic carbocycles. The topological polar surface area (TPSA) is 0 Å². The highest BCUT2D eigenvalue weighted by Gasteiger charge is 2.46. The van der Waals surface area contributed by atoms with E-state index in [9.17, 15) is 0 Å². The molecule has 0 radical (unpaired) electrons. The van der Waals surface area contributed by atoms with Crippen LogP contribution in [0.3, 0.4) is 0 Å². The van der Waals surface area contributed by atoms with Crippen molar-refractivity contribution in [3.05, 3.63) is 83.0 Å². The Morgan fingerprint density at radius 1 is 0.864 bits per heavy atom. The van der Waals surface area contributed by atoms with Gasteiger partial charge in [-0.05, 0) is 36.8 Å². The molecular formula is C22H24. The Bertz CT molecular complexity index is 714. The first-order chi connectivity index (χ1) is 10.6. The molecule has 0 aliphatic heterocycles. The van der Waals surface area contributed by atoms with Crippen molar-refractivity contribution >= 4 is 0 Å². The molecule has 0 saturated carbocycles. The summed E-state index contributed by atoms with van der Waals surface area (Å²) in [6.45, 7) is 4.91. The lowest BCUT2D eigenvalue weighted by Crippen LogP contribution is -2.36. The summed E-state index contributed by atoms with van der Waals surface area (Å²) in [5.74, 6) is 0. The van der Waals surface area contributed by atoms with Crippen LogP contribution in [0, 0.1) is 5.41 Å². The maximum atomic E-state index is 2.47. The molecule has 4 rings (SSSR count). The van der Waals surface area contributed by atoms with Crippen LogP contribution in [0.1, 0.15) is 45.1 Å². The van der Waals surface area contributed by atoms with Gasteiger partial charge in [-0.3, -0.25) is 0 Å². The summed E-state index contributed by atoms with van der Waals surface area (Å²) in [6, 6.07) is 11.1. The molecule has 112 valence electrons. The minimum absolute atomic E-state index is 0.176. The summed E-state index contributed by atoms with van der Waals surface area (Å²) in [6.07, 6.45) is 16.4. The summed E-state index contributed by atoms with van der Waals surface area (Å²) in [7, 11) is 0. The lowest BCUT2D eigenvalue weighted by Gasteiger charge is -2.46. The van der Waals surface area contributed by atoms with E-state index in [2.05, 4.69) is 74.6 Å². The fourth-order valence-corrected chi connectivity index (χ4v) is 4.65. The van der Waals surface area contributed by atoms with Gasteiger partial charge in [0.05, 0.1) is 0 Å². The molecule has 0 N–H and O–H groups in total. The van der Waals surface area contributed by atoms with E-state index in [1.54, 1.807) is 16.7 Å². The smallest absolute Gasteiger partial charge is 0.0175 e. The van der Waals surface area contributed by atoms with Gasteiger partial charge in [0.2, 0.25) is 0 Å². The molecule has 3 aliphatic rings. The third kappa shape index (κ3) is 1.83. The van der Waals surface area contributed by atoms with Crippen LogP contribution in [0.5, 0.6) is 0 Å². The molecule has 0 heterocycles. The minimum Gasteiger partial charge on any atom is -0.0804 e. The average Bonchev–Trinajstić information content (AvgIpc) is 3.24. The van der Waals surface area contributed by atoms with Crippen molar-refractivity contribution < 1.29 is 0 Å². The summed E-state index contributed by atoms with van der Waals surface area (Å²) in [5.41, 5.74) is 6.76. The monoisotopic (exact) mass is 288 g/mol. The molecule has 1 aromatic carbocycles. The maximum Gasteiger partial charge on any atom is 0.0175 e. The molecule has 0 bridgehead atoms. The van der Waals surface area contributed by atoms with Crippen molar-refractivity contribution in [3.63, 3.8) is 0 Å². The van der Waals surface area contributed by atoms with E-state index in [1.165, 1.54) is 18.4 Å². The molecule has 0 heteroatoms. The van der Waals surface area contributed by atoms with E-state index in [-0.39, 0.29) is 10.8 Å². The zero-order chi connectivity index (χ0) is 15.2. The third-order valence-corrected chi connectivity index (χ3v) is 6.21. The first-order valence-electron chi connectivity index (χ1n) is 8.47. The van der Waals surface area contributed by atoms with Crippen LogP contribution in [0.4, 0.5) is 0 Å². The van der Waals surface area contributed by atoms with Crippen LogP contribution in [0.25, 0.3) is 0 Å². The van der Waals surface area contributed by atoms with E-state index in [0.717, 1.165) is 12.8 Å². The van der Waals surface area contributed by atoms with Crippen molar-refractivity contribution in [2.75, 3.05) is 0 Å². The third-order valence-electron chi connectivity index (χ3n) is 6.21. The van der Waals surface area contributed by atoms with Gasteiger partial charge in [-0.2, -0.15) is 0 Å². The Labute approximate surface area is 133 Å². The van der Waals surface area contributed by atoms with Gasteiger partial charge in [-0.15, -0.1) is 0 Å². The Kier molecular flexibility index (Phi) is 3.04. The SMILES string of the molecule is CC1(C2=CC=CC2)CCC(C)(c2ccccc2)C2=C1CC=C2. The molecule has 1 aromatic rings. The Morgan fingerprint density at radius 2 is 1.64 bits per heavy atom. The Hall–Kier alpha value is -1.82. The van der Waals surface area contributed by atoms with Crippen LogP contribution >= 0.6 is 0 Å². The normalized spacial score (nSPS) is 33.3. The predicted octanol–water partition coefficient (Wildman–Crippen LogP) is 5.89. The lowest BCUT2D eigenvalue weighted by atomic mass is 9.58. The zero-order valence-corrected chi connectivity index (χ0v) is 13.6. The van der Waals surface area contributed by atoms with Gasteiger partial charge in [0.25, 0.3) is 0 Å². The molecule has 2 unspecified atom stereocenters. The highest BCUT2D eigenvalue weighted by molar-refractivity contribution is 5.54. The highest BCUT2D eigenvalue weighted by Crippen LogP contribution is 2.57. The second-order valence-electron chi connectivity index (χ2n) is 7.35. The second-order valence-corrected chi connectivity index (χ2v) is 7.35. The highest BCUT2D eigenvalue weighted by atomic mass is 14.5. The molecule has 2 atom stereocenters. The second kappa shape index (κ2) is 4.84. The van der Waals surface area contributed by atoms with Crippen LogP contribution in [0.15, 0.2) is 77.4 Å². The van der Waals surface area contributed by atoms with E-state index < -0.39 is 0 Å². The van der Waals surface area contributed by atoms with Gasteiger partial charge < -0.3 is 0 Å². The van der Waals surface area contributed by atoms with Crippen molar-refractivity contribution in [1.29, 1.82) is 0 Å². The van der Waals surface area contributed by atoms with E-state index in [4.69, 9.17) is 0 Å². The summed E-state index contributed by atoms with van der Waals surface area (Å²) >= 11 is 0. The van der Waals surface area contributed by atoms with E-state index >= 15 is 0 Å². The van der Waals surface area contributed by atoms with Gasteiger partial charge >= 0.3 is 0 Å². The summed E-state index contributed by atoms with van der Waals surface area (Å²) in [4.78, 5) is 0. The molecule has 0 aromatic heterocycles. The van der Waals surface area contributed by atoms with E-state index in [1.807, 2.05) is 0 Å². The predicted molar refractivity (Wildman–Crippen MR) is 93.8 cm³/mol. The van der Waals surface area contributed by atoms with Crippen molar-refractivity contribution in [2.45, 2.75) is 44.9 Å². The first kappa shape index (κ1) is 13.8. The van der Waals surface area contributed by atoms with Gasteiger partial charge in [0, 0.05) is 10.8 Å². The molecule has 22 heavy (non-hydrogen) atoms. The van der Waals surface area contributed by atoms with Gasteiger partial charge in [-0.1, -0.05) is 85.7 Å². The largest absolute Gasteiger partial charge is 0.0804 e. The van der Waals surface area contributed by atoms with Crippen LogP contribution in [0.2, 0.25) is 0 Å². The summed E-state index contributed by atoms with van der Waals surface area (Å²) < 4.78 is 0. The lowest BCUT2D eigenvalue weighted by molar-refractivity contribution is 0.323. The number of allylic oxidation sites excluding steroid dienone is 8. The Balaban J connectivity index is 1.83.